The van der Waals surface area contributed by atoms with E-state index < -0.39 is 16.0 Å². The number of esters is 1. The molecule has 2 aromatic carbocycles. The van der Waals surface area contributed by atoms with E-state index in [2.05, 4.69) is 4.72 Å². The molecule has 1 N–H and O–H groups in total. The van der Waals surface area contributed by atoms with Crippen LogP contribution in [0.15, 0.2) is 47.4 Å². The van der Waals surface area contributed by atoms with Crippen molar-refractivity contribution in [1.82, 2.24) is 4.72 Å². The molecule has 0 unspecified atom stereocenters. The zero-order chi connectivity index (χ0) is 17.0. The van der Waals surface area contributed by atoms with Gasteiger partial charge < -0.3 is 4.74 Å². The molecule has 0 fully saturated rings. The third-order valence-corrected chi connectivity index (χ3v) is 5.15. The van der Waals surface area contributed by atoms with Crippen LogP contribution in [-0.2, 0) is 21.4 Å². The van der Waals surface area contributed by atoms with Gasteiger partial charge in [-0.15, -0.1) is 0 Å². The summed E-state index contributed by atoms with van der Waals surface area (Å²) in [7, 11) is -2.33. The quantitative estimate of drug-likeness (QED) is 0.816. The van der Waals surface area contributed by atoms with E-state index in [1.807, 2.05) is 0 Å². The van der Waals surface area contributed by atoms with Crippen LogP contribution in [0.5, 0.6) is 0 Å². The maximum atomic E-state index is 12.0. The maximum Gasteiger partial charge on any atom is 0.338 e. The molecule has 0 atom stereocenters. The molecule has 0 heterocycles. The van der Waals surface area contributed by atoms with E-state index in [4.69, 9.17) is 27.9 Å². The topological polar surface area (TPSA) is 72.5 Å². The summed E-state index contributed by atoms with van der Waals surface area (Å²) in [5.41, 5.74) is 0.813. The number of halogens is 2. The van der Waals surface area contributed by atoms with Crippen molar-refractivity contribution in [2.24, 2.45) is 0 Å². The second kappa shape index (κ2) is 7.31. The van der Waals surface area contributed by atoms with Crippen LogP contribution < -0.4 is 4.72 Å². The van der Waals surface area contributed by atoms with Gasteiger partial charge in [-0.1, -0.05) is 35.3 Å². The van der Waals surface area contributed by atoms with Crippen LogP contribution in [0.1, 0.15) is 15.9 Å². The third kappa shape index (κ3) is 4.45. The van der Waals surface area contributed by atoms with Crippen molar-refractivity contribution in [1.29, 1.82) is 0 Å². The lowest BCUT2D eigenvalue weighted by molar-refractivity contribution is 0.0472. The molecule has 0 bridgehead atoms. The Morgan fingerprint density at radius 3 is 2.52 bits per heavy atom. The molecule has 0 aromatic heterocycles. The third-order valence-electron chi connectivity index (χ3n) is 3.00. The van der Waals surface area contributed by atoms with E-state index in [9.17, 15) is 13.2 Å². The van der Waals surface area contributed by atoms with E-state index in [0.29, 0.717) is 15.6 Å². The van der Waals surface area contributed by atoms with Gasteiger partial charge in [0, 0.05) is 0 Å². The molecule has 5 nitrogen and oxygen atoms in total. The van der Waals surface area contributed by atoms with Crippen LogP contribution in [0, 0.1) is 0 Å². The molecule has 2 aromatic rings. The highest BCUT2D eigenvalue weighted by molar-refractivity contribution is 7.89. The van der Waals surface area contributed by atoms with E-state index >= 15 is 0 Å². The Morgan fingerprint density at radius 2 is 1.87 bits per heavy atom. The molecule has 122 valence electrons. The van der Waals surface area contributed by atoms with Gasteiger partial charge in [0.05, 0.1) is 20.5 Å². The van der Waals surface area contributed by atoms with Crippen molar-refractivity contribution >= 4 is 39.2 Å². The van der Waals surface area contributed by atoms with Gasteiger partial charge in [0.2, 0.25) is 10.0 Å². The number of sulfonamides is 1. The zero-order valence-corrected chi connectivity index (χ0v) is 14.4. The standard InChI is InChI=1S/C15H13Cl2NO4S/c1-18-23(20,21)12-4-2-3-11(8-12)15(19)22-9-10-5-6-13(16)14(17)7-10/h2-8,18H,9H2,1H3. The fourth-order valence-electron chi connectivity index (χ4n) is 1.77. The fraction of sp³-hybridized carbons (Fsp3) is 0.133. The summed E-state index contributed by atoms with van der Waals surface area (Å²) in [4.78, 5) is 12.0. The van der Waals surface area contributed by atoms with Crippen LogP contribution in [0.25, 0.3) is 0 Å². The zero-order valence-electron chi connectivity index (χ0n) is 12.0. The molecule has 0 saturated carbocycles. The highest BCUT2D eigenvalue weighted by Crippen LogP contribution is 2.23. The summed E-state index contributed by atoms with van der Waals surface area (Å²) in [5, 5.41) is 0.772. The van der Waals surface area contributed by atoms with Crippen molar-refractivity contribution in [3.05, 3.63) is 63.6 Å². The Kier molecular flexibility index (Phi) is 5.64. The molecule has 0 radical (unpaired) electrons. The van der Waals surface area contributed by atoms with Crippen molar-refractivity contribution in [2.45, 2.75) is 11.5 Å². The van der Waals surface area contributed by atoms with Gasteiger partial charge in [-0.2, -0.15) is 0 Å². The number of carbonyl (C=O) groups excluding carboxylic acids is 1. The average molecular weight is 374 g/mol. The van der Waals surface area contributed by atoms with E-state index in [0.717, 1.165) is 0 Å². The summed E-state index contributed by atoms with van der Waals surface area (Å²) >= 11 is 11.7. The minimum atomic E-state index is -3.62. The molecule has 8 heteroatoms. The summed E-state index contributed by atoms with van der Waals surface area (Å²) in [6.07, 6.45) is 0. The summed E-state index contributed by atoms with van der Waals surface area (Å²) in [5.74, 6) is -0.635. The lowest BCUT2D eigenvalue weighted by Crippen LogP contribution is -2.19. The van der Waals surface area contributed by atoms with Crippen LogP contribution in [0.3, 0.4) is 0 Å². The molecule has 23 heavy (non-hydrogen) atoms. The minimum absolute atomic E-state index is 0.00126. The Labute approximate surface area is 144 Å². The van der Waals surface area contributed by atoms with Crippen molar-refractivity contribution in [3.63, 3.8) is 0 Å². The van der Waals surface area contributed by atoms with Gasteiger partial charge in [0.15, 0.2) is 0 Å². The number of nitrogens with one attached hydrogen (secondary N) is 1. The highest BCUT2D eigenvalue weighted by Gasteiger charge is 2.15. The van der Waals surface area contributed by atoms with Crippen molar-refractivity contribution < 1.29 is 17.9 Å². The predicted molar refractivity (Wildman–Crippen MR) is 88.3 cm³/mol. The van der Waals surface area contributed by atoms with Crippen LogP contribution in [0.2, 0.25) is 10.0 Å². The second-order valence-corrected chi connectivity index (χ2v) is 7.26. The Morgan fingerprint density at radius 1 is 1.13 bits per heavy atom. The highest BCUT2D eigenvalue weighted by atomic mass is 35.5. The summed E-state index contributed by atoms with van der Waals surface area (Å²) < 4.78 is 30.8. The molecule has 0 aliphatic carbocycles. The average Bonchev–Trinajstić information content (AvgIpc) is 2.55. The lowest BCUT2D eigenvalue weighted by Gasteiger charge is -2.07. The first-order valence-electron chi connectivity index (χ1n) is 6.48. The SMILES string of the molecule is CNS(=O)(=O)c1cccc(C(=O)OCc2ccc(Cl)c(Cl)c2)c1. The first-order valence-corrected chi connectivity index (χ1v) is 8.72. The molecule has 2 rings (SSSR count). The maximum absolute atomic E-state index is 12.0. The predicted octanol–water partition coefficient (Wildman–Crippen LogP) is 3.26. The number of hydrogen-bond acceptors (Lipinski definition) is 4. The molecule has 0 aliphatic rings. The fourth-order valence-corrected chi connectivity index (χ4v) is 2.87. The van der Waals surface area contributed by atoms with Gasteiger partial charge in [-0.3, -0.25) is 0 Å². The number of carbonyl (C=O) groups is 1. The number of hydrogen-bond donors (Lipinski definition) is 1. The molecular formula is C15H13Cl2NO4S. The van der Waals surface area contributed by atoms with Gasteiger partial charge in [0.1, 0.15) is 6.61 Å². The Bertz CT molecular complexity index is 837. The number of benzene rings is 2. The Balaban J connectivity index is 2.12. The van der Waals surface area contributed by atoms with Gasteiger partial charge in [0.25, 0.3) is 0 Å². The van der Waals surface area contributed by atoms with Gasteiger partial charge >= 0.3 is 5.97 Å². The van der Waals surface area contributed by atoms with E-state index in [1.54, 1.807) is 18.2 Å². The summed E-state index contributed by atoms with van der Waals surface area (Å²) in [6, 6.07) is 10.5. The smallest absolute Gasteiger partial charge is 0.338 e. The Hall–Kier alpha value is -1.60. The minimum Gasteiger partial charge on any atom is -0.457 e. The van der Waals surface area contributed by atoms with Crippen LogP contribution in [-0.4, -0.2) is 21.4 Å². The van der Waals surface area contributed by atoms with E-state index in [-0.39, 0.29) is 17.1 Å². The van der Waals surface area contributed by atoms with Crippen molar-refractivity contribution in [3.8, 4) is 0 Å². The largest absolute Gasteiger partial charge is 0.457 e. The number of ether oxygens (including phenoxy) is 1. The molecular weight excluding hydrogens is 361 g/mol. The monoisotopic (exact) mass is 373 g/mol. The molecule has 0 amide bonds. The molecule has 0 aliphatic heterocycles. The molecule has 0 saturated heterocycles. The first kappa shape index (κ1) is 17.7. The molecule has 0 spiro atoms. The lowest BCUT2D eigenvalue weighted by atomic mass is 10.2. The number of rotatable bonds is 5. The second-order valence-electron chi connectivity index (χ2n) is 4.56. The van der Waals surface area contributed by atoms with Crippen LogP contribution in [0.4, 0.5) is 0 Å². The van der Waals surface area contributed by atoms with Crippen molar-refractivity contribution in [2.75, 3.05) is 7.05 Å². The van der Waals surface area contributed by atoms with E-state index in [1.165, 1.54) is 31.3 Å². The summed E-state index contributed by atoms with van der Waals surface area (Å²) in [6.45, 7) is -0.00126. The van der Waals surface area contributed by atoms with Crippen LogP contribution >= 0.6 is 23.2 Å². The van der Waals surface area contributed by atoms with Gasteiger partial charge in [-0.05, 0) is 42.9 Å². The van der Waals surface area contributed by atoms with Gasteiger partial charge in [-0.25, -0.2) is 17.9 Å². The first-order chi connectivity index (χ1) is 10.8. The normalized spacial score (nSPS) is 11.3.